The predicted molar refractivity (Wildman–Crippen MR) is 114 cm³/mol. The molecule has 1 aliphatic heterocycles. The molecule has 0 spiro atoms. The minimum absolute atomic E-state index is 0.115. The van der Waals surface area contributed by atoms with Gasteiger partial charge in [0.25, 0.3) is 5.91 Å². The molecule has 0 bridgehead atoms. The molecule has 3 aromatic rings. The Morgan fingerprint density at radius 1 is 1.34 bits per heavy atom. The van der Waals surface area contributed by atoms with Gasteiger partial charge >= 0.3 is 0 Å². The van der Waals surface area contributed by atoms with Gasteiger partial charge in [0.15, 0.2) is 0 Å². The lowest BCUT2D eigenvalue weighted by atomic mass is 9.93. The summed E-state index contributed by atoms with van der Waals surface area (Å²) >= 11 is 0. The van der Waals surface area contributed by atoms with Crippen molar-refractivity contribution in [2.75, 3.05) is 18.9 Å². The maximum atomic E-state index is 13.1. The average molecular weight is 389 g/mol. The van der Waals surface area contributed by atoms with Crippen LogP contribution < -0.4 is 11.1 Å². The molecule has 0 saturated carbocycles. The quantitative estimate of drug-likeness (QED) is 0.584. The summed E-state index contributed by atoms with van der Waals surface area (Å²) in [4.78, 5) is 26.1. The van der Waals surface area contributed by atoms with Crippen LogP contribution >= 0.6 is 0 Å². The predicted octanol–water partition coefficient (Wildman–Crippen LogP) is 2.89. The number of H-pyrrole nitrogens is 1. The van der Waals surface area contributed by atoms with Crippen molar-refractivity contribution in [3.05, 3.63) is 58.8 Å². The van der Waals surface area contributed by atoms with Crippen molar-refractivity contribution in [3.63, 3.8) is 0 Å². The van der Waals surface area contributed by atoms with E-state index in [0.717, 1.165) is 44.5 Å². The minimum Gasteiger partial charge on any atom is -0.387 e. The second-order valence-electron chi connectivity index (χ2n) is 7.43. The van der Waals surface area contributed by atoms with E-state index in [0.29, 0.717) is 12.1 Å². The standard InChI is InChI=1S/C22H23N5O2/c1-11-7-14(8-16-13(3)25-26-20(11)16)15-5-6-18(24-4)19-17(15)10-27(22(19)29)9-12(2)21(23)28/h5-8,24H,2,9-10H2,1,3-4H3,(H2,23,28)(H,25,26). The first-order chi connectivity index (χ1) is 13.8. The smallest absolute Gasteiger partial charge is 0.256 e. The highest BCUT2D eigenvalue weighted by atomic mass is 16.2. The van der Waals surface area contributed by atoms with E-state index in [1.807, 2.05) is 26.0 Å². The summed E-state index contributed by atoms with van der Waals surface area (Å²) in [6.07, 6.45) is 0. The van der Waals surface area contributed by atoms with Gasteiger partial charge in [-0.25, -0.2) is 0 Å². The number of aryl methyl sites for hydroxylation is 2. The van der Waals surface area contributed by atoms with Crippen molar-refractivity contribution in [3.8, 4) is 11.1 Å². The Hall–Kier alpha value is -3.61. The van der Waals surface area contributed by atoms with E-state index in [1.165, 1.54) is 0 Å². The zero-order chi connectivity index (χ0) is 20.9. The van der Waals surface area contributed by atoms with Crippen molar-refractivity contribution >= 4 is 28.4 Å². The number of benzene rings is 2. The molecular weight excluding hydrogens is 366 g/mol. The molecule has 0 atom stereocenters. The third-order valence-electron chi connectivity index (χ3n) is 5.51. The summed E-state index contributed by atoms with van der Waals surface area (Å²) in [5.74, 6) is -0.731. The van der Waals surface area contributed by atoms with Crippen LogP contribution in [0.5, 0.6) is 0 Å². The van der Waals surface area contributed by atoms with Crippen LogP contribution in [0.1, 0.15) is 27.2 Å². The van der Waals surface area contributed by atoms with Crippen molar-refractivity contribution in [1.29, 1.82) is 0 Å². The second-order valence-corrected chi connectivity index (χ2v) is 7.43. The number of nitrogens with one attached hydrogen (secondary N) is 2. The number of aromatic amines is 1. The monoisotopic (exact) mass is 389 g/mol. The summed E-state index contributed by atoms with van der Waals surface area (Å²) in [6, 6.07) is 8.14. The molecular formula is C22H23N5O2. The number of anilines is 1. The van der Waals surface area contributed by atoms with Crippen LogP contribution in [0, 0.1) is 13.8 Å². The maximum absolute atomic E-state index is 13.1. The lowest BCUT2D eigenvalue weighted by molar-refractivity contribution is -0.114. The van der Waals surface area contributed by atoms with Crippen molar-refractivity contribution < 1.29 is 9.59 Å². The lowest BCUT2D eigenvalue weighted by Crippen LogP contribution is -2.30. The fraction of sp³-hybridized carbons (Fsp3) is 0.227. The minimum atomic E-state index is -0.598. The Balaban J connectivity index is 1.85. The molecule has 4 rings (SSSR count). The van der Waals surface area contributed by atoms with E-state index in [1.54, 1.807) is 11.9 Å². The lowest BCUT2D eigenvalue weighted by Gasteiger charge is -2.16. The topological polar surface area (TPSA) is 104 Å². The highest BCUT2D eigenvalue weighted by Gasteiger charge is 2.33. The third kappa shape index (κ3) is 2.95. The summed E-state index contributed by atoms with van der Waals surface area (Å²) in [5.41, 5.74) is 12.9. The molecule has 0 unspecified atom stereocenters. The van der Waals surface area contributed by atoms with Gasteiger partial charge in [-0.05, 0) is 54.3 Å². The highest BCUT2D eigenvalue weighted by Crippen LogP contribution is 2.38. The number of amides is 2. The van der Waals surface area contributed by atoms with Crippen LogP contribution in [0.2, 0.25) is 0 Å². The first kappa shape index (κ1) is 18.7. The first-order valence-electron chi connectivity index (χ1n) is 9.38. The number of primary amides is 1. The maximum Gasteiger partial charge on any atom is 0.256 e. The highest BCUT2D eigenvalue weighted by molar-refractivity contribution is 6.06. The van der Waals surface area contributed by atoms with Crippen molar-refractivity contribution in [2.24, 2.45) is 5.73 Å². The SMILES string of the molecule is C=C(CN1Cc2c(-c3cc(C)c4n[nH]c(C)c4c3)ccc(NC)c2C1=O)C(N)=O. The number of nitrogens with zero attached hydrogens (tertiary/aromatic N) is 2. The molecule has 1 aliphatic rings. The summed E-state index contributed by atoms with van der Waals surface area (Å²) in [5, 5.41) is 11.6. The third-order valence-corrected chi connectivity index (χ3v) is 5.51. The van der Waals surface area contributed by atoms with Crippen LogP contribution in [-0.4, -0.2) is 40.5 Å². The number of carbonyl (C=O) groups excluding carboxylic acids is 2. The number of hydrogen-bond acceptors (Lipinski definition) is 4. The number of nitrogens with two attached hydrogens (primary N) is 1. The van der Waals surface area contributed by atoms with Crippen LogP contribution in [0.15, 0.2) is 36.4 Å². The number of carbonyl (C=O) groups is 2. The Kier molecular flexibility index (Phi) is 4.38. The Morgan fingerprint density at radius 3 is 2.79 bits per heavy atom. The fourth-order valence-electron chi connectivity index (χ4n) is 3.96. The van der Waals surface area contributed by atoms with E-state index in [9.17, 15) is 9.59 Å². The molecule has 0 saturated heterocycles. The van der Waals surface area contributed by atoms with Crippen molar-refractivity contribution in [1.82, 2.24) is 15.1 Å². The van der Waals surface area contributed by atoms with Gasteiger partial charge in [0, 0.05) is 35.9 Å². The number of aromatic nitrogens is 2. The summed E-state index contributed by atoms with van der Waals surface area (Å²) in [7, 11) is 1.79. The van der Waals surface area contributed by atoms with Crippen LogP contribution in [-0.2, 0) is 11.3 Å². The van der Waals surface area contributed by atoms with E-state index in [4.69, 9.17) is 5.73 Å². The molecule has 29 heavy (non-hydrogen) atoms. The fourth-order valence-corrected chi connectivity index (χ4v) is 3.96. The van der Waals surface area contributed by atoms with E-state index < -0.39 is 5.91 Å². The molecule has 0 radical (unpaired) electrons. The molecule has 2 aromatic carbocycles. The average Bonchev–Trinajstić information content (AvgIpc) is 3.22. The molecule has 148 valence electrons. The van der Waals surface area contributed by atoms with E-state index in [2.05, 4.69) is 34.2 Å². The largest absolute Gasteiger partial charge is 0.387 e. The Morgan fingerprint density at radius 2 is 2.10 bits per heavy atom. The zero-order valence-electron chi connectivity index (χ0n) is 16.7. The van der Waals surface area contributed by atoms with Gasteiger partial charge in [0.1, 0.15) is 0 Å². The molecule has 2 amide bonds. The van der Waals surface area contributed by atoms with Gasteiger partial charge in [-0.2, -0.15) is 5.10 Å². The summed E-state index contributed by atoms with van der Waals surface area (Å²) < 4.78 is 0. The van der Waals surface area contributed by atoms with Crippen LogP contribution in [0.25, 0.3) is 22.0 Å². The molecule has 0 fully saturated rings. The van der Waals surface area contributed by atoms with Crippen molar-refractivity contribution in [2.45, 2.75) is 20.4 Å². The van der Waals surface area contributed by atoms with E-state index in [-0.39, 0.29) is 18.0 Å². The second kappa shape index (κ2) is 6.77. The molecule has 0 aliphatic carbocycles. The normalized spacial score (nSPS) is 13.1. The van der Waals surface area contributed by atoms with Gasteiger partial charge in [0.05, 0.1) is 17.6 Å². The van der Waals surface area contributed by atoms with Gasteiger partial charge in [0.2, 0.25) is 5.91 Å². The van der Waals surface area contributed by atoms with Gasteiger partial charge in [-0.15, -0.1) is 0 Å². The van der Waals surface area contributed by atoms with Crippen LogP contribution in [0.3, 0.4) is 0 Å². The Labute approximate surface area is 168 Å². The summed E-state index contributed by atoms with van der Waals surface area (Å²) in [6.45, 7) is 8.23. The van der Waals surface area contributed by atoms with Gasteiger partial charge < -0.3 is 16.0 Å². The van der Waals surface area contributed by atoms with E-state index >= 15 is 0 Å². The van der Waals surface area contributed by atoms with Gasteiger partial charge in [-0.1, -0.05) is 12.6 Å². The molecule has 4 N–H and O–H groups in total. The van der Waals surface area contributed by atoms with Crippen LogP contribution in [0.4, 0.5) is 5.69 Å². The molecule has 7 heteroatoms. The zero-order valence-corrected chi connectivity index (χ0v) is 16.7. The first-order valence-corrected chi connectivity index (χ1v) is 9.38. The van der Waals surface area contributed by atoms with Gasteiger partial charge in [-0.3, -0.25) is 14.7 Å². The number of hydrogen-bond donors (Lipinski definition) is 3. The molecule has 2 heterocycles. The molecule has 7 nitrogen and oxygen atoms in total. The number of rotatable bonds is 5. The molecule has 1 aromatic heterocycles. The number of fused-ring (bicyclic) bond motifs is 2. The Bertz CT molecular complexity index is 1190.